The molecule has 49 valence electrons. The van der Waals surface area contributed by atoms with Crippen LogP contribution in [0.25, 0.3) is 0 Å². The number of carbonyl (C=O) groups excluding carboxylic acids is 1. The lowest BCUT2D eigenvalue weighted by Crippen LogP contribution is -2.09. The molecule has 0 heterocycles. The molecule has 0 aromatic heterocycles. The summed E-state index contributed by atoms with van der Waals surface area (Å²) in [6, 6.07) is 0.247. The zero-order chi connectivity index (χ0) is 6.53. The van der Waals surface area contributed by atoms with Crippen LogP contribution in [0, 0.1) is 6.42 Å². The molecule has 2 heteroatoms. The molecule has 0 aliphatic heterocycles. The van der Waals surface area contributed by atoms with Crippen LogP contribution in [-0.2, 0) is 4.79 Å². The Balaban J connectivity index is 2.31. The van der Waals surface area contributed by atoms with Crippen molar-refractivity contribution in [3.05, 3.63) is 6.42 Å². The van der Waals surface area contributed by atoms with Crippen molar-refractivity contribution in [2.24, 2.45) is 4.99 Å². The van der Waals surface area contributed by atoms with Crippen LogP contribution in [0.15, 0.2) is 4.99 Å². The van der Waals surface area contributed by atoms with Crippen molar-refractivity contribution in [2.75, 3.05) is 0 Å². The van der Waals surface area contributed by atoms with Gasteiger partial charge < -0.3 is 0 Å². The highest BCUT2D eigenvalue weighted by molar-refractivity contribution is 5.33. The predicted octanol–water partition coefficient (Wildman–Crippen LogP) is 1.47. The summed E-state index contributed by atoms with van der Waals surface area (Å²) >= 11 is 0. The Morgan fingerprint density at radius 1 is 1.67 bits per heavy atom. The van der Waals surface area contributed by atoms with Crippen LogP contribution in [-0.4, -0.2) is 12.1 Å². The molecule has 1 radical (unpaired) electrons. The monoisotopic (exact) mass is 124 g/mol. The largest absolute Gasteiger partial charge is 0.235 e. The van der Waals surface area contributed by atoms with E-state index in [4.69, 9.17) is 0 Å². The number of nitrogens with zero attached hydrogens (tertiary/aromatic N) is 1. The summed E-state index contributed by atoms with van der Waals surface area (Å²) < 4.78 is 0. The SMILES string of the molecule is O=C=NC1C[CH]CCC1. The molecule has 1 aliphatic rings. The first-order valence-electron chi connectivity index (χ1n) is 3.32. The average Bonchev–Trinajstić information content (AvgIpc) is 1.91. The lowest BCUT2D eigenvalue weighted by molar-refractivity contribution is 0.503. The fourth-order valence-electron chi connectivity index (χ4n) is 1.12. The first-order valence-corrected chi connectivity index (χ1v) is 3.32. The lowest BCUT2D eigenvalue weighted by atomic mass is 9.96. The summed E-state index contributed by atoms with van der Waals surface area (Å²) in [7, 11) is 0. The second-order valence-corrected chi connectivity index (χ2v) is 2.33. The third-order valence-corrected chi connectivity index (χ3v) is 1.62. The van der Waals surface area contributed by atoms with Crippen molar-refractivity contribution >= 4 is 6.08 Å². The van der Waals surface area contributed by atoms with Gasteiger partial charge in [0.1, 0.15) is 0 Å². The second-order valence-electron chi connectivity index (χ2n) is 2.33. The third kappa shape index (κ3) is 1.98. The summed E-state index contributed by atoms with van der Waals surface area (Å²) in [5.74, 6) is 0. The summed E-state index contributed by atoms with van der Waals surface area (Å²) in [6.45, 7) is 0. The Hall–Kier alpha value is -0.620. The van der Waals surface area contributed by atoms with Crippen LogP contribution in [0.4, 0.5) is 0 Å². The van der Waals surface area contributed by atoms with Gasteiger partial charge in [-0.25, -0.2) is 9.79 Å². The van der Waals surface area contributed by atoms with Crippen LogP contribution < -0.4 is 0 Å². The van der Waals surface area contributed by atoms with Crippen molar-refractivity contribution in [2.45, 2.75) is 31.7 Å². The molecular weight excluding hydrogens is 114 g/mol. The molecule has 0 amide bonds. The standard InChI is InChI=1S/C7H10NO/c9-6-8-7-4-2-1-3-5-7/h2,7H,1,3-5H2. The Bertz CT molecular complexity index is 121. The molecule has 1 aliphatic carbocycles. The minimum Gasteiger partial charge on any atom is -0.211 e. The maximum absolute atomic E-state index is 9.77. The smallest absolute Gasteiger partial charge is 0.211 e. The molecule has 0 aromatic carbocycles. The first kappa shape index (κ1) is 6.50. The molecule has 9 heavy (non-hydrogen) atoms. The van der Waals surface area contributed by atoms with E-state index in [-0.39, 0.29) is 6.04 Å². The van der Waals surface area contributed by atoms with Gasteiger partial charge in [0.2, 0.25) is 6.08 Å². The molecule has 0 N–H and O–H groups in total. The van der Waals surface area contributed by atoms with E-state index >= 15 is 0 Å². The number of aliphatic imine (C=N–C) groups is 1. The molecule has 0 bridgehead atoms. The molecule has 1 atom stereocenters. The lowest BCUT2D eigenvalue weighted by Gasteiger charge is -2.14. The molecule has 1 unspecified atom stereocenters. The Morgan fingerprint density at radius 3 is 3.11 bits per heavy atom. The third-order valence-electron chi connectivity index (χ3n) is 1.62. The van der Waals surface area contributed by atoms with Gasteiger partial charge in [-0.2, -0.15) is 0 Å². The average molecular weight is 124 g/mol. The van der Waals surface area contributed by atoms with E-state index in [2.05, 4.69) is 11.4 Å². The topological polar surface area (TPSA) is 29.4 Å². The highest BCUT2D eigenvalue weighted by atomic mass is 16.1. The summed E-state index contributed by atoms with van der Waals surface area (Å²) in [5.41, 5.74) is 0. The molecule has 1 fully saturated rings. The van der Waals surface area contributed by atoms with E-state index in [1.165, 1.54) is 12.8 Å². The highest BCUT2D eigenvalue weighted by Crippen LogP contribution is 2.18. The molecule has 0 aromatic rings. The van der Waals surface area contributed by atoms with Crippen molar-refractivity contribution in [3.8, 4) is 0 Å². The van der Waals surface area contributed by atoms with Gasteiger partial charge in [-0.3, -0.25) is 0 Å². The fraction of sp³-hybridized carbons (Fsp3) is 0.714. The minimum absolute atomic E-state index is 0.247. The van der Waals surface area contributed by atoms with E-state index in [9.17, 15) is 4.79 Å². The van der Waals surface area contributed by atoms with Crippen LogP contribution in [0.2, 0.25) is 0 Å². The zero-order valence-electron chi connectivity index (χ0n) is 5.34. The van der Waals surface area contributed by atoms with E-state index < -0.39 is 0 Å². The number of hydrogen-bond acceptors (Lipinski definition) is 2. The van der Waals surface area contributed by atoms with Gasteiger partial charge in [-0.05, 0) is 19.3 Å². The van der Waals surface area contributed by atoms with Gasteiger partial charge >= 0.3 is 0 Å². The van der Waals surface area contributed by atoms with Crippen LogP contribution in [0.3, 0.4) is 0 Å². The Morgan fingerprint density at radius 2 is 2.56 bits per heavy atom. The quantitative estimate of drug-likeness (QED) is 0.384. The van der Waals surface area contributed by atoms with Crippen molar-refractivity contribution < 1.29 is 4.79 Å². The molecule has 0 spiro atoms. The zero-order valence-corrected chi connectivity index (χ0v) is 5.34. The highest BCUT2D eigenvalue weighted by Gasteiger charge is 2.10. The van der Waals surface area contributed by atoms with Crippen molar-refractivity contribution in [1.82, 2.24) is 0 Å². The maximum Gasteiger partial charge on any atom is 0.235 e. The minimum atomic E-state index is 0.247. The van der Waals surface area contributed by atoms with Crippen LogP contribution >= 0.6 is 0 Å². The fourth-order valence-corrected chi connectivity index (χ4v) is 1.12. The number of isocyanates is 1. The molecule has 1 rings (SSSR count). The van der Waals surface area contributed by atoms with Gasteiger partial charge in [0.25, 0.3) is 0 Å². The van der Waals surface area contributed by atoms with Crippen molar-refractivity contribution in [3.63, 3.8) is 0 Å². The Kier molecular flexibility index (Phi) is 2.47. The van der Waals surface area contributed by atoms with Crippen molar-refractivity contribution in [1.29, 1.82) is 0 Å². The van der Waals surface area contributed by atoms with Gasteiger partial charge in [-0.1, -0.05) is 12.8 Å². The summed E-state index contributed by atoms with van der Waals surface area (Å²) in [5, 5.41) is 0. The normalized spacial score (nSPS) is 20.9. The summed E-state index contributed by atoms with van der Waals surface area (Å²) in [4.78, 5) is 13.4. The summed E-state index contributed by atoms with van der Waals surface area (Å²) in [6.07, 6.45) is 8.17. The maximum atomic E-state index is 9.77. The van der Waals surface area contributed by atoms with Gasteiger partial charge in [0.05, 0.1) is 6.04 Å². The van der Waals surface area contributed by atoms with Gasteiger partial charge in [-0.15, -0.1) is 0 Å². The molecule has 2 nitrogen and oxygen atoms in total. The molecule has 1 saturated carbocycles. The van der Waals surface area contributed by atoms with Gasteiger partial charge in [0.15, 0.2) is 0 Å². The number of rotatable bonds is 1. The first-order chi connectivity index (χ1) is 4.43. The predicted molar refractivity (Wildman–Crippen MR) is 34.7 cm³/mol. The van der Waals surface area contributed by atoms with Crippen LogP contribution in [0.5, 0.6) is 0 Å². The van der Waals surface area contributed by atoms with E-state index in [1.54, 1.807) is 6.08 Å². The van der Waals surface area contributed by atoms with E-state index in [1.807, 2.05) is 0 Å². The van der Waals surface area contributed by atoms with E-state index in [0.717, 1.165) is 12.8 Å². The Labute approximate surface area is 55.0 Å². The molecule has 0 saturated heterocycles. The van der Waals surface area contributed by atoms with Gasteiger partial charge in [0, 0.05) is 0 Å². The van der Waals surface area contributed by atoms with E-state index in [0.29, 0.717) is 0 Å². The molecular formula is C7H10NO. The number of hydrogen-bond donors (Lipinski definition) is 0. The second kappa shape index (κ2) is 3.41. The van der Waals surface area contributed by atoms with Crippen LogP contribution in [0.1, 0.15) is 25.7 Å².